The van der Waals surface area contributed by atoms with Crippen molar-refractivity contribution >= 4 is 17.3 Å². The summed E-state index contributed by atoms with van der Waals surface area (Å²) in [6.07, 6.45) is 3.72. The number of hydrogen-bond donors (Lipinski definition) is 2. The molecule has 0 radical (unpaired) electrons. The molecule has 1 saturated heterocycles. The first-order valence-electron chi connectivity index (χ1n) is 6.43. The van der Waals surface area contributed by atoms with Crippen LogP contribution in [0.4, 0.5) is 11.4 Å². The van der Waals surface area contributed by atoms with Gasteiger partial charge in [0.1, 0.15) is 0 Å². The highest BCUT2D eigenvalue weighted by molar-refractivity contribution is 5.92. The van der Waals surface area contributed by atoms with Gasteiger partial charge in [-0.05, 0) is 43.9 Å². The maximum atomic E-state index is 11.9. The van der Waals surface area contributed by atoms with Gasteiger partial charge in [-0.25, -0.2) is 0 Å². The number of hydrogen-bond acceptors (Lipinski definition) is 3. The molecular formula is C14H20N2O2. The number of nitrogen functional groups attached to an aromatic ring is 1. The molecule has 1 fully saturated rings. The Morgan fingerprint density at radius 2 is 2.33 bits per heavy atom. The largest absolute Gasteiger partial charge is 0.399 e. The average molecular weight is 248 g/mol. The second-order valence-electron chi connectivity index (χ2n) is 4.82. The van der Waals surface area contributed by atoms with Crippen LogP contribution in [0.1, 0.15) is 31.2 Å². The van der Waals surface area contributed by atoms with Gasteiger partial charge in [0, 0.05) is 18.0 Å². The summed E-state index contributed by atoms with van der Waals surface area (Å²) in [7, 11) is 0. The molecule has 0 aromatic heterocycles. The lowest BCUT2D eigenvalue weighted by Crippen LogP contribution is -2.25. The van der Waals surface area contributed by atoms with Crippen LogP contribution < -0.4 is 11.1 Å². The number of ether oxygens (including phenoxy) is 1. The quantitative estimate of drug-likeness (QED) is 0.808. The molecule has 0 spiro atoms. The van der Waals surface area contributed by atoms with Crippen LogP contribution in [0.15, 0.2) is 18.2 Å². The number of anilines is 2. The molecule has 4 nitrogen and oxygen atoms in total. The van der Waals surface area contributed by atoms with Crippen LogP contribution in [0.5, 0.6) is 0 Å². The van der Waals surface area contributed by atoms with Gasteiger partial charge in [-0.1, -0.05) is 6.07 Å². The molecule has 18 heavy (non-hydrogen) atoms. The van der Waals surface area contributed by atoms with E-state index in [1.165, 1.54) is 0 Å². The summed E-state index contributed by atoms with van der Waals surface area (Å²) in [6, 6.07) is 5.52. The zero-order valence-electron chi connectivity index (χ0n) is 10.7. The highest BCUT2D eigenvalue weighted by atomic mass is 16.5. The molecule has 0 bridgehead atoms. The highest BCUT2D eigenvalue weighted by Crippen LogP contribution is 2.20. The monoisotopic (exact) mass is 248 g/mol. The van der Waals surface area contributed by atoms with Crippen molar-refractivity contribution < 1.29 is 9.53 Å². The molecule has 0 saturated carbocycles. The maximum Gasteiger partial charge on any atom is 0.226 e. The second kappa shape index (κ2) is 5.87. The molecule has 4 heteroatoms. The number of benzene rings is 1. The fourth-order valence-electron chi connectivity index (χ4n) is 2.15. The molecular weight excluding hydrogens is 228 g/mol. The minimum absolute atomic E-state index is 0.00407. The number of nitrogens with one attached hydrogen (secondary N) is 1. The van der Waals surface area contributed by atoms with E-state index >= 15 is 0 Å². The van der Waals surface area contributed by atoms with Crippen molar-refractivity contribution in [2.24, 2.45) is 0 Å². The van der Waals surface area contributed by atoms with E-state index in [4.69, 9.17) is 10.5 Å². The molecule has 1 aliphatic heterocycles. The zero-order chi connectivity index (χ0) is 13.0. The fourth-order valence-corrected chi connectivity index (χ4v) is 2.15. The van der Waals surface area contributed by atoms with Crippen LogP contribution in [-0.2, 0) is 9.53 Å². The SMILES string of the molecule is Cc1ccc(N)cc1NC(=O)CC1CCCCO1. The molecule has 98 valence electrons. The van der Waals surface area contributed by atoms with E-state index in [2.05, 4.69) is 5.32 Å². The Balaban J connectivity index is 1.92. The van der Waals surface area contributed by atoms with E-state index in [-0.39, 0.29) is 12.0 Å². The summed E-state index contributed by atoms with van der Waals surface area (Å²) in [5.74, 6) is -0.00407. The van der Waals surface area contributed by atoms with Gasteiger partial charge in [-0.15, -0.1) is 0 Å². The van der Waals surface area contributed by atoms with Crippen molar-refractivity contribution in [3.05, 3.63) is 23.8 Å². The highest BCUT2D eigenvalue weighted by Gasteiger charge is 2.17. The minimum Gasteiger partial charge on any atom is -0.399 e. The molecule has 1 aromatic rings. The first kappa shape index (κ1) is 12.9. The van der Waals surface area contributed by atoms with Gasteiger partial charge in [0.2, 0.25) is 5.91 Å². The minimum atomic E-state index is -0.00407. The Hall–Kier alpha value is -1.55. The van der Waals surface area contributed by atoms with Gasteiger partial charge in [-0.2, -0.15) is 0 Å². The lowest BCUT2D eigenvalue weighted by atomic mass is 10.1. The van der Waals surface area contributed by atoms with Gasteiger partial charge in [0.15, 0.2) is 0 Å². The molecule has 3 N–H and O–H groups in total. The number of carbonyl (C=O) groups is 1. The van der Waals surface area contributed by atoms with Crippen LogP contribution in [-0.4, -0.2) is 18.6 Å². The van der Waals surface area contributed by atoms with E-state index in [9.17, 15) is 4.79 Å². The van der Waals surface area contributed by atoms with Gasteiger partial charge in [-0.3, -0.25) is 4.79 Å². The number of rotatable bonds is 3. The molecule has 1 heterocycles. The van der Waals surface area contributed by atoms with E-state index < -0.39 is 0 Å². The molecule has 1 unspecified atom stereocenters. The van der Waals surface area contributed by atoms with Crippen molar-refractivity contribution in [1.82, 2.24) is 0 Å². The molecule has 1 atom stereocenters. The summed E-state index contributed by atoms with van der Waals surface area (Å²) < 4.78 is 5.55. The topological polar surface area (TPSA) is 64.3 Å². The predicted molar refractivity (Wildman–Crippen MR) is 72.4 cm³/mol. The Morgan fingerprint density at radius 1 is 1.50 bits per heavy atom. The van der Waals surface area contributed by atoms with E-state index in [1.807, 2.05) is 19.1 Å². The molecule has 2 rings (SSSR count). The van der Waals surface area contributed by atoms with E-state index in [0.717, 1.165) is 37.1 Å². The Labute approximate surface area is 108 Å². The van der Waals surface area contributed by atoms with Crippen molar-refractivity contribution in [2.45, 2.75) is 38.7 Å². The zero-order valence-corrected chi connectivity index (χ0v) is 10.7. The number of carbonyl (C=O) groups excluding carboxylic acids is 1. The third-order valence-electron chi connectivity index (χ3n) is 3.22. The van der Waals surface area contributed by atoms with E-state index in [0.29, 0.717) is 12.1 Å². The lowest BCUT2D eigenvalue weighted by molar-refractivity contribution is -0.119. The Kier molecular flexibility index (Phi) is 4.20. The third-order valence-corrected chi connectivity index (χ3v) is 3.22. The van der Waals surface area contributed by atoms with Gasteiger partial charge < -0.3 is 15.8 Å². The summed E-state index contributed by atoms with van der Waals surface area (Å²) in [6.45, 7) is 2.72. The number of aryl methyl sites for hydroxylation is 1. The molecule has 0 aliphatic carbocycles. The smallest absolute Gasteiger partial charge is 0.226 e. The third kappa shape index (κ3) is 3.47. The fraction of sp³-hybridized carbons (Fsp3) is 0.500. The number of amides is 1. The molecule has 1 aromatic carbocycles. The summed E-state index contributed by atoms with van der Waals surface area (Å²) >= 11 is 0. The van der Waals surface area contributed by atoms with Crippen LogP contribution in [0.3, 0.4) is 0 Å². The summed E-state index contributed by atoms with van der Waals surface area (Å²) in [5, 5.41) is 2.90. The molecule has 1 aliphatic rings. The Bertz CT molecular complexity index is 426. The lowest BCUT2D eigenvalue weighted by Gasteiger charge is -2.22. The van der Waals surface area contributed by atoms with Gasteiger partial charge in [0.05, 0.1) is 12.5 Å². The normalized spacial score (nSPS) is 19.5. The standard InChI is InChI=1S/C14H20N2O2/c1-10-5-6-11(15)8-13(10)16-14(17)9-12-4-2-3-7-18-12/h5-6,8,12H,2-4,7,9,15H2,1H3,(H,16,17). The summed E-state index contributed by atoms with van der Waals surface area (Å²) in [5.41, 5.74) is 8.17. The van der Waals surface area contributed by atoms with Gasteiger partial charge in [0.25, 0.3) is 0 Å². The second-order valence-corrected chi connectivity index (χ2v) is 4.82. The summed E-state index contributed by atoms with van der Waals surface area (Å²) in [4.78, 5) is 11.9. The van der Waals surface area contributed by atoms with Crippen molar-refractivity contribution in [3.8, 4) is 0 Å². The number of nitrogens with two attached hydrogens (primary N) is 1. The van der Waals surface area contributed by atoms with Gasteiger partial charge >= 0.3 is 0 Å². The first-order chi connectivity index (χ1) is 8.65. The van der Waals surface area contributed by atoms with Crippen LogP contribution >= 0.6 is 0 Å². The van der Waals surface area contributed by atoms with Crippen molar-refractivity contribution in [1.29, 1.82) is 0 Å². The van der Waals surface area contributed by atoms with Crippen molar-refractivity contribution in [3.63, 3.8) is 0 Å². The van der Waals surface area contributed by atoms with Crippen LogP contribution in [0.25, 0.3) is 0 Å². The maximum absolute atomic E-state index is 11.9. The average Bonchev–Trinajstić information content (AvgIpc) is 2.35. The van der Waals surface area contributed by atoms with Crippen molar-refractivity contribution in [2.75, 3.05) is 17.7 Å². The molecule has 1 amide bonds. The van der Waals surface area contributed by atoms with Crippen LogP contribution in [0.2, 0.25) is 0 Å². The Morgan fingerprint density at radius 3 is 3.06 bits per heavy atom. The predicted octanol–water partition coefficient (Wildman–Crippen LogP) is 2.47. The van der Waals surface area contributed by atoms with E-state index in [1.54, 1.807) is 6.07 Å². The van der Waals surface area contributed by atoms with Crippen LogP contribution in [0, 0.1) is 6.92 Å². The first-order valence-corrected chi connectivity index (χ1v) is 6.43.